The van der Waals surface area contributed by atoms with E-state index < -0.39 is 0 Å². The van der Waals surface area contributed by atoms with E-state index in [-0.39, 0.29) is 12.5 Å². The van der Waals surface area contributed by atoms with Gasteiger partial charge in [-0.25, -0.2) is 0 Å². The summed E-state index contributed by atoms with van der Waals surface area (Å²) in [6.07, 6.45) is 1.09. The first-order valence-electron chi connectivity index (χ1n) is 5.92. The van der Waals surface area contributed by atoms with Crippen LogP contribution in [0, 0.1) is 11.3 Å². The standard InChI is InChI=1S/C13H16BrN3O2/c14-11-8-10(4-6-16)2-3-12(11)19-9-13(18)17-7-1-5-15/h2-3,8H,1,4,6-7,9,16H2,(H,17,18). The molecule has 19 heavy (non-hydrogen) atoms. The van der Waals surface area contributed by atoms with E-state index in [2.05, 4.69) is 21.2 Å². The molecule has 1 aromatic rings. The molecule has 6 heteroatoms. The van der Waals surface area contributed by atoms with Gasteiger partial charge < -0.3 is 15.8 Å². The van der Waals surface area contributed by atoms with E-state index in [0.29, 0.717) is 25.3 Å². The van der Waals surface area contributed by atoms with Crippen LogP contribution in [0.25, 0.3) is 0 Å². The second-order valence-electron chi connectivity index (χ2n) is 3.85. The quantitative estimate of drug-likeness (QED) is 0.741. The van der Waals surface area contributed by atoms with Gasteiger partial charge in [0.05, 0.1) is 17.0 Å². The number of carbonyl (C=O) groups excluding carboxylic acids is 1. The Kier molecular flexibility index (Phi) is 6.93. The molecule has 102 valence electrons. The average molecular weight is 326 g/mol. The number of benzene rings is 1. The largest absolute Gasteiger partial charge is 0.483 e. The summed E-state index contributed by atoms with van der Waals surface area (Å²) in [5.74, 6) is 0.365. The molecule has 0 radical (unpaired) electrons. The van der Waals surface area contributed by atoms with Crippen molar-refractivity contribution in [1.82, 2.24) is 5.32 Å². The molecule has 0 atom stereocenters. The molecule has 0 aromatic heterocycles. The molecule has 0 aliphatic carbocycles. The maximum Gasteiger partial charge on any atom is 0.257 e. The third-order valence-electron chi connectivity index (χ3n) is 2.35. The minimum absolute atomic E-state index is 0.0692. The van der Waals surface area contributed by atoms with Crippen LogP contribution in [0.15, 0.2) is 22.7 Å². The van der Waals surface area contributed by atoms with Gasteiger partial charge in [-0.3, -0.25) is 4.79 Å². The van der Waals surface area contributed by atoms with Gasteiger partial charge in [-0.1, -0.05) is 6.07 Å². The molecule has 0 saturated carbocycles. The van der Waals surface area contributed by atoms with E-state index in [4.69, 9.17) is 15.7 Å². The lowest BCUT2D eigenvalue weighted by atomic mass is 10.1. The number of nitriles is 1. The van der Waals surface area contributed by atoms with Crippen molar-refractivity contribution in [3.63, 3.8) is 0 Å². The summed E-state index contributed by atoms with van der Waals surface area (Å²) in [6.45, 7) is 0.865. The monoisotopic (exact) mass is 325 g/mol. The molecule has 0 fully saturated rings. The maximum absolute atomic E-state index is 11.4. The number of ether oxygens (including phenoxy) is 1. The smallest absolute Gasteiger partial charge is 0.257 e. The predicted octanol–water partition coefficient (Wildman–Crippen LogP) is 1.36. The second kappa shape index (κ2) is 8.51. The Hall–Kier alpha value is -1.58. The van der Waals surface area contributed by atoms with Crippen molar-refractivity contribution in [2.45, 2.75) is 12.8 Å². The number of hydrogen-bond donors (Lipinski definition) is 2. The van der Waals surface area contributed by atoms with E-state index in [0.717, 1.165) is 16.5 Å². The molecule has 1 rings (SSSR count). The number of carbonyl (C=O) groups is 1. The van der Waals surface area contributed by atoms with Gasteiger partial charge in [0.25, 0.3) is 5.91 Å². The Bertz CT molecular complexity index is 471. The summed E-state index contributed by atoms with van der Waals surface area (Å²) in [4.78, 5) is 11.4. The third-order valence-corrected chi connectivity index (χ3v) is 2.97. The lowest BCUT2D eigenvalue weighted by molar-refractivity contribution is -0.123. The number of halogens is 1. The predicted molar refractivity (Wildman–Crippen MR) is 75.6 cm³/mol. The summed E-state index contributed by atoms with van der Waals surface area (Å²) >= 11 is 3.39. The van der Waals surface area contributed by atoms with Gasteiger partial charge >= 0.3 is 0 Å². The van der Waals surface area contributed by atoms with Crippen LogP contribution in [-0.4, -0.2) is 25.6 Å². The first-order chi connectivity index (χ1) is 9.17. The topological polar surface area (TPSA) is 88.1 Å². The van der Waals surface area contributed by atoms with Gasteiger partial charge in [-0.05, 0) is 46.6 Å². The molecule has 1 amide bonds. The molecule has 1 aromatic carbocycles. The van der Waals surface area contributed by atoms with Crippen molar-refractivity contribution in [3.8, 4) is 11.8 Å². The Morgan fingerprint density at radius 3 is 2.95 bits per heavy atom. The number of nitrogens with two attached hydrogens (primary N) is 1. The Balaban J connectivity index is 2.45. The third kappa shape index (κ3) is 5.73. The molecular weight excluding hydrogens is 310 g/mol. The summed E-state index contributed by atoms with van der Waals surface area (Å²) in [5, 5.41) is 10.9. The zero-order chi connectivity index (χ0) is 14.1. The van der Waals surface area contributed by atoms with Crippen LogP contribution < -0.4 is 15.8 Å². The second-order valence-corrected chi connectivity index (χ2v) is 4.70. The number of rotatable bonds is 7. The van der Waals surface area contributed by atoms with Gasteiger partial charge in [-0.15, -0.1) is 0 Å². The van der Waals surface area contributed by atoms with Gasteiger partial charge in [0, 0.05) is 6.54 Å². The highest BCUT2D eigenvalue weighted by Crippen LogP contribution is 2.26. The van der Waals surface area contributed by atoms with Crippen LogP contribution >= 0.6 is 15.9 Å². The number of nitrogens with one attached hydrogen (secondary N) is 1. The molecule has 0 unspecified atom stereocenters. The van der Waals surface area contributed by atoms with Crippen LogP contribution in [0.1, 0.15) is 12.0 Å². The van der Waals surface area contributed by atoms with E-state index >= 15 is 0 Å². The highest BCUT2D eigenvalue weighted by molar-refractivity contribution is 9.10. The van der Waals surface area contributed by atoms with Gasteiger partial charge in [-0.2, -0.15) is 5.26 Å². The zero-order valence-electron chi connectivity index (χ0n) is 10.5. The number of amides is 1. The fourth-order valence-corrected chi connectivity index (χ4v) is 1.98. The lowest BCUT2D eigenvalue weighted by Gasteiger charge is -2.09. The maximum atomic E-state index is 11.4. The van der Waals surface area contributed by atoms with Gasteiger partial charge in [0.2, 0.25) is 0 Å². The summed E-state index contributed by atoms with van der Waals surface area (Å²) in [7, 11) is 0. The van der Waals surface area contributed by atoms with Crippen LogP contribution in [-0.2, 0) is 11.2 Å². The van der Waals surface area contributed by atoms with Crippen molar-refractivity contribution < 1.29 is 9.53 Å². The van der Waals surface area contributed by atoms with Crippen molar-refractivity contribution in [1.29, 1.82) is 5.26 Å². The minimum Gasteiger partial charge on any atom is -0.483 e. The minimum atomic E-state index is -0.242. The van der Waals surface area contributed by atoms with Crippen molar-refractivity contribution in [3.05, 3.63) is 28.2 Å². The van der Waals surface area contributed by atoms with E-state index in [9.17, 15) is 4.79 Å². The van der Waals surface area contributed by atoms with E-state index in [1.807, 2.05) is 18.2 Å². The molecule has 0 saturated heterocycles. The fourth-order valence-electron chi connectivity index (χ4n) is 1.44. The first kappa shape index (κ1) is 15.5. The SMILES string of the molecule is N#CCCNC(=O)COc1ccc(CCN)cc1Br. The van der Waals surface area contributed by atoms with Crippen molar-refractivity contribution in [2.75, 3.05) is 19.7 Å². The normalized spacial score (nSPS) is 9.74. The molecule has 0 aliphatic rings. The van der Waals surface area contributed by atoms with Crippen molar-refractivity contribution >= 4 is 21.8 Å². The van der Waals surface area contributed by atoms with E-state index in [1.165, 1.54) is 0 Å². The molecule has 0 aliphatic heterocycles. The fraction of sp³-hybridized carbons (Fsp3) is 0.385. The number of hydrogen-bond acceptors (Lipinski definition) is 4. The average Bonchev–Trinajstić information content (AvgIpc) is 2.38. The van der Waals surface area contributed by atoms with Gasteiger partial charge in [0.1, 0.15) is 5.75 Å². The first-order valence-corrected chi connectivity index (χ1v) is 6.71. The van der Waals surface area contributed by atoms with Crippen LogP contribution in [0.2, 0.25) is 0 Å². The molecular formula is C13H16BrN3O2. The summed E-state index contributed by atoms with van der Waals surface area (Å²) in [5.41, 5.74) is 6.59. The van der Waals surface area contributed by atoms with Gasteiger partial charge in [0.15, 0.2) is 6.61 Å². The number of nitrogens with zero attached hydrogens (tertiary/aromatic N) is 1. The molecule has 0 bridgehead atoms. The Morgan fingerprint density at radius 1 is 1.53 bits per heavy atom. The summed E-state index contributed by atoms with van der Waals surface area (Å²) < 4.78 is 6.18. The summed E-state index contributed by atoms with van der Waals surface area (Å²) in [6, 6.07) is 7.60. The van der Waals surface area contributed by atoms with Crippen LogP contribution in [0.5, 0.6) is 5.75 Å². The van der Waals surface area contributed by atoms with Crippen molar-refractivity contribution in [2.24, 2.45) is 5.73 Å². The zero-order valence-corrected chi connectivity index (χ0v) is 12.1. The highest BCUT2D eigenvalue weighted by Gasteiger charge is 2.06. The molecule has 3 N–H and O–H groups in total. The Labute approximate surface area is 120 Å². The van der Waals surface area contributed by atoms with E-state index in [1.54, 1.807) is 6.07 Å². The molecule has 0 spiro atoms. The van der Waals surface area contributed by atoms with Crippen LogP contribution in [0.4, 0.5) is 0 Å². The highest BCUT2D eigenvalue weighted by atomic mass is 79.9. The lowest BCUT2D eigenvalue weighted by Crippen LogP contribution is -2.29. The van der Waals surface area contributed by atoms with Crippen LogP contribution in [0.3, 0.4) is 0 Å². The Morgan fingerprint density at radius 2 is 2.32 bits per heavy atom. The molecule has 5 nitrogen and oxygen atoms in total. The molecule has 0 heterocycles.